The summed E-state index contributed by atoms with van der Waals surface area (Å²) in [6, 6.07) is 0.0625. The van der Waals surface area contributed by atoms with Gasteiger partial charge >= 0.3 is 0 Å². The number of amides is 2. The maximum atomic E-state index is 13.0. The summed E-state index contributed by atoms with van der Waals surface area (Å²) in [4.78, 5) is 29.6. The lowest BCUT2D eigenvalue weighted by atomic mass is 9.96. The van der Waals surface area contributed by atoms with Gasteiger partial charge in [-0.1, -0.05) is 6.92 Å². The van der Waals surface area contributed by atoms with Crippen molar-refractivity contribution < 1.29 is 9.59 Å². The smallest absolute Gasteiger partial charge is 0.246 e. The normalized spacial score (nSPS) is 34.1. The van der Waals surface area contributed by atoms with Crippen LogP contribution in [0.25, 0.3) is 0 Å². The van der Waals surface area contributed by atoms with E-state index in [2.05, 4.69) is 11.8 Å². The molecule has 4 heteroatoms. The summed E-state index contributed by atoms with van der Waals surface area (Å²) < 4.78 is 0. The van der Waals surface area contributed by atoms with Gasteiger partial charge in [-0.15, -0.1) is 0 Å². The lowest BCUT2D eigenvalue weighted by Crippen LogP contribution is -2.65. The quantitative estimate of drug-likeness (QED) is 0.785. The summed E-state index contributed by atoms with van der Waals surface area (Å²) in [5.41, 5.74) is 0. The second kappa shape index (κ2) is 4.47. The molecule has 0 aromatic carbocycles. The van der Waals surface area contributed by atoms with Crippen LogP contribution in [0.1, 0.15) is 51.9 Å². The molecule has 2 amide bonds. The SMILES string of the molecule is CCC1C(=O)N2CCCC2C(=O)N1C(C1CC1)C1CC1. The molecule has 2 saturated heterocycles. The van der Waals surface area contributed by atoms with Gasteiger partial charge in [0.25, 0.3) is 0 Å². The summed E-state index contributed by atoms with van der Waals surface area (Å²) >= 11 is 0. The zero-order chi connectivity index (χ0) is 13.9. The Morgan fingerprint density at radius 1 is 1.05 bits per heavy atom. The Labute approximate surface area is 120 Å². The van der Waals surface area contributed by atoms with E-state index in [1.54, 1.807) is 0 Å². The summed E-state index contributed by atoms with van der Waals surface area (Å²) in [5, 5.41) is 0. The molecule has 110 valence electrons. The van der Waals surface area contributed by atoms with E-state index in [9.17, 15) is 9.59 Å². The molecular formula is C16H24N2O2. The highest BCUT2D eigenvalue weighted by Gasteiger charge is 2.54. The van der Waals surface area contributed by atoms with Gasteiger partial charge in [0.05, 0.1) is 0 Å². The van der Waals surface area contributed by atoms with Gasteiger partial charge in [-0.2, -0.15) is 0 Å². The molecule has 4 aliphatic rings. The minimum atomic E-state index is -0.178. The third-order valence-corrected chi connectivity index (χ3v) is 5.61. The van der Waals surface area contributed by atoms with Crippen LogP contribution in [0.4, 0.5) is 0 Å². The number of piperazine rings is 1. The minimum Gasteiger partial charge on any atom is -0.329 e. The van der Waals surface area contributed by atoms with Gasteiger partial charge in [0.15, 0.2) is 0 Å². The lowest BCUT2D eigenvalue weighted by molar-refractivity contribution is -0.163. The van der Waals surface area contributed by atoms with Crippen molar-refractivity contribution in [3.05, 3.63) is 0 Å². The molecule has 2 atom stereocenters. The van der Waals surface area contributed by atoms with Gasteiger partial charge < -0.3 is 9.80 Å². The van der Waals surface area contributed by atoms with Gasteiger partial charge in [0.2, 0.25) is 11.8 Å². The van der Waals surface area contributed by atoms with Crippen molar-refractivity contribution in [1.29, 1.82) is 0 Å². The molecule has 0 spiro atoms. The maximum Gasteiger partial charge on any atom is 0.246 e. The van der Waals surface area contributed by atoms with E-state index < -0.39 is 0 Å². The number of nitrogens with zero attached hydrogens (tertiary/aromatic N) is 2. The predicted molar refractivity (Wildman–Crippen MR) is 74.9 cm³/mol. The molecule has 0 N–H and O–H groups in total. The van der Waals surface area contributed by atoms with Gasteiger partial charge in [-0.05, 0) is 56.8 Å². The van der Waals surface area contributed by atoms with Crippen LogP contribution in [-0.4, -0.2) is 46.3 Å². The third kappa shape index (κ3) is 1.80. The van der Waals surface area contributed by atoms with E-state index in [4.69, 9.17) is 0 Å². The van der Waals surface area contributed by atoms with Crippen molar-refractivity contribution in [2.24, 2.45) is 11.8 Å². The average Bonchev–Trinajstić information content (AvgIpc) is 3.36. The molecule has 0 aromatic heterocycles. The number of fused-ring (bicyclic) bond motifs is 1. The Kier molecular flexibility index (Phi) is 2.83. The monoisotopic (exact) mass is 276 g/mol. The Morgan fingerprint density at radius 3 is 2.25 bits per heavy atom. The maximum absolute atomic E-state index is 13.0. The van der Waals surface area contributed by atoms with Gasteiger partial charge in [0.1, 0.15) is 12.1 Å². The summed E-state index contributed by atoms with van der Waals surface area (Å²) in [6.07, 6.45) is 7.65. The number of carbonyl (C=O) groups excluding carboxylic acids is 2. The Balaban J connectivity index is 1.67. The van der Waals surface area contributed by atoms with Crippen molar-refractivity contribution >= 4 is 11.8 Å². The molecular weight excluding hydrogens is 252 g/mol. The topological polar surface area (TPSA) is 40.6 Å². The molecule has 0 bridgehead atoms. The van der Waals surface area contributed by atoms with E-state index in [1.165, 1.54) is 25.7 Å². The first-order valence-corrected chi connectivity index (χ1v) is 8.35. The standard InChI is InChI=1S/C16H24N2O2/c1-2-12-15(19)17-9-3-4-13(17)16(20)18(12)14(10-5-6-10)11-7-8-11/h10-14H,2-9H2,1H3. The van der Waals surface area contributed by atoms with Crippen LogP contribution >= 0.6 is 0 Å². The second-order valence-corrected chi connectivity index (χ2v) is 7.02. The predicted octanol–water partition coefficient (Wildman–Crippen LogP) is 1.79. The zero-order valence-corrected chi connectivity index (χ0v) is 12.3. The first-order valence-electron chi connectivity index (χ1n) is 8.35. The molecule has 4 nitrogen and oxygen atoms in total. The van der Waals surface area contributed by atoms with Crippen LogP contribution < -0.4 is 0 Å². The summed E-state index contributed by atoms with van der Waals surface area (Å²) in [7, 11) is 0. The molecule has 2 aliphatic heterocycles. The van der Waals surface area contributed by atoms with Crippen molar-refractivity contribution in [3.8, 4) is 0 Å². The zero-order valence-electron chi connectivity index (χ0n) is 12.3. The van der Waals surface area contributed by atoms with Gasteiger partial charge in [-0.3, -0.25) is 9.59 Å². The summed E-state index contributed by atoms with van der Waals surface area (Å²) in [6.45, 7) is 2.84. The number of rotatable bonds is 4. The summed E-state index contributed by atoms with van der Waals surface area (Å²) in [5.74, 6) is 1.85. The number of hydrogen-bond donors (Lipinski definition) is 0. The lowest BCUT2D eigenvalue weighted by Gasteiger charge is -2.46. The van der Waals surface area contributed by atoms with Crippen molar-refractivity contribution in [1.82, 2.24) is 9.80 Å². The van der Waals surface area contributed by atoms with Crippen molar-refractivity contribution in [2.45, 2.75) is 70.0 Å². The van der Waals surface area contributed by atoms with Crippen molar-refractivity contribution in [2.75, 3.05) is 6.54 Å². The fourth-order valence-corrected chi connectivity index (χ4v) is 4.36. The molecule has 20 heavy (non-hydrogen) atoms. The largest absolute Gasteiger partial charge is 0.329 e. The first kappa shape index (κ1) is 12.7. The highest BCUT2D eigenvalue weighted by atomic mass is 16.2. The third-order valence-electron chi connectivity index (χ3n) is 5.61. The van der Waals surface area contributed by atoms with Crippen molar-refractivity contribution in [3.63, 3.8) is 0 Å². The van der Waals surface area contributed by atoms with Crippen LogP contribution in [0.15, 0.2) is 0 Å². The fraction of sp³-hybridized carbons (Fsp3) is 0.875. The Morgan fingerprint density at radius 2 is 1.70 bits per heavy atom. The van der Waals surface area contributed by atoms with E-state index in [0.29, 0.717) is 17.9 Å². The van der Waals surface area contributed by atoms with E-state index in [0.717, 1.165) is 25.8 Å². The minimum absolute atomic E-state index is 0.134. The van der Waals surface area contributed by atoms with Gasteiger partial charge in [-0.25, -0.2) is 0 Å². The van der Waals surface area contributed by atoms with Crippen LogP contribution in [0.5, 0.6) is 0 Å². The second-order valence-electron chi connectivity index (χ2n) is 7.02. The van der Waals surface area contributed by atoms with E-state index in [1.807, 2.05) is 4.90 Å². The molecule has 0 radical (unpaired) electrons. The van der Waals surface area contributed by atoms with Crippen LogP contribution in [-0.2, 0) is 9.59 Å². The molecule has 4 fully saturated rings. The van der Waals surface area contributed by atoms with E-state index >= 15 is 0 Å². The van der Waals surface area contributed by atoms with Crippen LogP contribution in [0.2, 0.25) is 0 Å². The number of hydrogen-bond acceptors (Lipinski definition) is 2. The van der Waals surface area contributed by atoms with E-state index in [-0.39, 0.29) is 23.9 Å². The average molecular weight is 276 g/mol. The van der Waals surface area contributed by atoms with Crippen LogP contribution in [0.3, 0.4) is 0 Å². The molecule has 2 saturated carbocycles. The molecule has 2 heterocycles. The number of carbonyl (C=O) groups is 2. The highest BCUT2D eigenvalue weighted by Crippen LogP contribution is 2.49. The van der Waals surface area contributed by atoms with Crippen LogP contribution in [0, 0.1) is 11.8 Å². The highest BCUT2D eigenvalue weighted by molar-refractivity contribution is 5.97. The molecule has 2 unspecified atom stereocenters. The Bertz CT molecular complexity index is 430. The molecule has 4 rings (SSSR count). The van der Waals surface area contributed by atoms with Gasteiger partial charge in [0, 0.05) is 12.6 Å². The fourth-order valence-electron chi connectivity index (χ4n) is 4.36. The molecule has 0 aromatic rings. The molecule has 2 aliphatic carbocycles. The first-order chi connectivity index (χ1) is 9.72. The Hall–Kier alpha value is -1.06.